The predicted octanol–water partition coefficient (Wildman–Crippen LogP) is 2.00. The molecule has 0 saturated heterocycles. The number of carbonyl (C=O) groups is 2. The van der Waals surface area contributed by atoms with Gasteiger partial charge in [-0.3, -0.25) is 19.7 Å². The van der Waals surface area contributed by atoms with E-state index < -0.39 is 5.82 Å². The van der Waals surface area contributed by atoms with Crippen LogP contribution in [0.25, 0.3) is 0 Å². The van der Waals surface area contributed by atoms with Gasteiger partial charge in [0.1, 0.15) is 5.82 Å². The summed E-state index contributed by atoms with van der Waals surface area (Å²) >= 11 is 0. The van der Waals surface area contributed by atoms with E-state index in [0.717, 1.165) is 11.3 Å². The van der Waals surface area contributed by atoms with E-state index in [4.69, 9.17) is 0 Å². The largest absolute Gasteiger partial charge is 0.346 e. The van der Waals surface area contributed by atoms with Gasteiger partial charge in [0.15, 0.2) is 5.69 Å². The standard InChI is InChI=1S/C21H20FN5O2/c22-17-6-2-1-5-15(17)10-19(28)27-9-7-18-16(13-27)20(26-25-18)21(29)24-12-14-4-3-8-23-11-14/h1-6,8,11H,7,9-10,12-13H2,(H,24,29)(H,25,26). The van der Waals surface area contributed by atoms with E-state index in [2.05, 4.69) is 20.5 Å². The molecule has 1 aromatic carbocycles. The summed E-state index contributed by atoms with van der Waals surface area (Å²) in [5.74, 6) is -0.879. The number of hydrogen-bond acceptors (Lipinski definition) is 4. The van der Waals surface area contributed by atoms with Gasteiger partial charge in [0.2, 0.25) is 5.91 Å². The number of nitrogens with one attached hydrogen (secondary N) is 2. The van der Waals surface area contributed by atoms with Gasteiger partial charge in [0, 0.05) is 49.7 Å². The second-order valence-corrected chi connectivity index (χ2v) is 6.91. The lowest BCUT2D eigenvalue weighted by Crippen LogP contribution is -2.37. The molecule has 3 aromatic rings. The maximum atomic E-state index is 13.9. The molecule has 0 saturated carbocycles. The molecule has 0 radical (unpaired) electrons. The number of amides is 2. The number of fused-ring (bicyclic) bond motifs is 1. The topological polar surface area (TPSA) is 91.0 Å². The zero-order chi connectivity index (χ0) is 20.2. The third-order valence-corrected chi connectivity index (χ3v) is 4.98. The van der Waals surface area contributed by atoms with Crippen molar-refractivity contribution in [1.29, 1.82) is 0 Å². The molecule has 1 aliphatic rings. The average molecular weight is 393 g/mol. The lowest BCUT2D eigenvalue weighted by Gasteiger charge is -2.27. The quantitative estimate of drug-likeness (QED) is 0.694. The van der Waals surface area contributed by atoms with Crippen LogP contribution in [0.1, 0.15) is 32.9 Å². The fourth-order valence-corrected chi connectivity index (χ4v) is 3.38. The van der Waals surface area contributed by atoms with Crippen molar-refractivity contribution in [3.8, 4) is 0 Å². The van der Waals surface area contributed by atoms with Gasteiger partial charge in [-0.2, -0.15) is 5.10 Å². The molecule has 29 heavy (non-hydrogen) atoms. The number of hydrogen-bond donors (Lipinski definition) is 2. The van der Waals surface area contributed by atoms with Crippen molar-refractivity contribution < 1.29 is 14.0 Å². The van der Waals surface area contributed by atoms with Gasteiger partial charge in [-0.05, 0) is 23.3 Å². The summed E-state index contributed by atoms with van der Waals surface area (Å²) in [6, 6.07) is 9.93. The highest BCUT2D eigenvalue weighted by Gasteiger charge is 2.28. The molecule has 7 nitrogen and oxygen atoms in total. The van der Waals surface area contributed by atoms with Crippen LogP contribution in [0.2, 0.25) is 0 Å². The molecule has 0 atom stereocenters. The summed E-state index contributed by atoms with van der Waals surface area (Å²) in [7, 11) is 0. The number of H-pyrrole nitrogens is 1. The summed E-state index contributed by atoms with van der Waals surface area (Å²) in [6.07, 6.45) is 3.91. The number of nitrogens with zero attached hydrogens (tertiary/aromatic N) is 3. The van der Waals surface area contributed by atoms with Gasteiger partial charge in [0.05, 0.1) is 6.42 Å². The number of benzene rings is 1. The Hall–Kier alpha value is -3.55. The highest BCUT2D eigenvalue weighted by atomic mass is 19.1. The first-order chi connectivity index (χ1) is 14.1. The number of aromatic amines is 1. The van der Waals surface area contributed by atoms with Gasteiger partial charge in [-0.25, -0.2) is 4.39 Å². The summed E-state index contributed by atoms with van der Waals surface area (Å²) < 4.78 is 13.9. The molecule has 0 bridgehead atoms. The van der Waals surface area contributed by atoms with Gasteiger partial charge in [-0.1, -0.05) is 24.3 Å². The molecule has 2 amide bonds. The molecule has 0 spiro atoms. The highest BCUT2D eigenvalue weighted by molar-refractivity contribution is 5.94. The van der Waals surface area contributed by atoms with Crippen molar-refractivity contribution in [2.75, 3.05) is 6.54 Å². The Morgan fingerprint density at radius 2 is 2.07 bits per heavy atom. The van der Waals surface area contributed by atoms with E-state index in [0.29, 0.717) is 30.6 Å². The van der Waals surface area contributed by atoms with Crippen LogP contribution in [-0.4, -0.2) is 38.4 Å². The molecule has 148 valence electrons. The first-order valence-corrected chi connectivity index (χ1v) is 9.36. The molecule has 0 aliphatic carbocycles. The summed E-state index contributed by atoms with van der Waals surface area (Å²) in [5, 5.41) is 9.88. The Labute approximate surface area is 167 Å². The Morgan fingerprint density at radius 3 is 2.86 bits per heavy atom. The molecule has 2 N–H and O–H groups in total. The van der Waals surface area contributed by atoms with Crippen molar-refractivity contribution in [3.63, 3.8) is 0 Å². The molecule has 3 heterocycles. The van der Waals surface area contributed by atoms with Crippen molar-refractivity contribution in [2.45, 2.75) is 25.9 Å². The van der Waals surface area contributed by atoms with Crippen LogP contribution in [0.5, 0.6) is 0 Å². The minimum absolute atomic E-state index is 0.0115. The van der Waals surface area contributed by atoms with Crippen LogP contribution in [0, 0.1) is 5.82 Å². The second kappa shape index (κ2) is 8.22. The van der Waals surface area contributed by atoms with Gasteiger partial charge in [0.25, 0.3) is 5.91 Å². The number of pyridine rings is 1. The molecule has 8 heteroatoms. The van der Waals surface area contributed by atoms with Crippen molar-refractivity contribution in [1.82, 2.24) is 25.4 Å². The van der Waals surface area contributed by atoms with Gasteiger partial charge >= 0.3 is 0 Å². The Balaban J connectivity index is 1.43. The van der Waals surface area contributed by atoms with E-state index in [-0.39, 0.29) is 30.5 Å². The number of aromatic nitrogens is 3. The van der Waals surface area contributed by atoms with Crippen LogP contribution < -0.4 is 5.32 Å². The molecular formula is C21H20FN5O2. The molecule has 4 rings (SSSR count). The van der Waals surface area contributed by atoms with Crippen molar-refractivity contribution in [3.05, 3.63) is 82.7 Å². The third kappa shape index (κ3) is 4.16. The fraction of sp³-hybridized carbons (Fsp3) is 0.238. The van der Waals surface area contributed by atoms with E-state index in [9.17, 15) is 14.0 Å². The van der Waals surface area contributed by atoms with E-state index in [1.54, 1.807) is 41.6 Å². The molecule has 1 aliphatic heterocycles. The minimum atomic E-state index is -0.391. The lowest BCUT2D eigenvalue weighted by molar-refractivity contribution is -0.131. The number of rotatable bonds is 5. The molecular weight excluding hydrogens is 373 g/mol. The maximum Gasteiger partial charge on any atom is 0.272 e. The number of halogens is 1. The highest BCUT2D eigenvalue weighted by Crippen LogP contribution is 2.21. The first kappa shape index (κ1) is 18.8. The molecule has 2 aromatic heterocycles. The van der Waals surface area contributed by atoms with Crippen LogP contribution >= 0.6 is 0 Å². The maximum absolute atomic E-state index is 13.9. The Morgan fingerprint density at radius 1 is 1.21 bits per heavy atom. The first-order valence-electron chi connectivity index (χ1n) is 9.36. The zero-order valence-corrected chi connectivity index (χ0v) is 15.7. The normalized spacial score (nSPS) is 13.1. The Bertz CT molecular complexity index is 1030. The van der Waals surface area contributed by atoms with E-state index >= 15 is 0 Å². The number of carbonyl (C=O) groups excluding carboxylic acids is 2. The van der Waals surface area contributed by atoms with Gasteiger partial charge in [-0.15, -0.1) is 0 Å². The Kier molecular flexibility index (Phi) is 5.33. The van der Waals surface area contributed by atoms with Crippen LogP contribution in [0.3, 0.4) is 0 Å². The minimum Gasteiger partial charge on any atom is -0.346 e. The summed E-state index contributed by atoms with van der Waals surface area (Å²) in [6.45, 7) is 1.11. The average Bonchev–Trinajstić information content (AvgIpc) is 3.18. The smallest absolute Gasteiger partial charge is 0.272 e. The van der Waals surface area contributed by atoms with Crippen LogP contribution in [-0.2, 0) is 30.7 Å². The molecule has 0 unspecified atom stereocenters. The summed E-state index contributed by atoms with van der Waals surface area (Å²) in [4.78, 5) is 30.9. The predicted molar refractivity (Wildman–Crippen MR) is 103 cm³/mol. The lowest BCUT2D eigenvalue weighted by atomic mass is 10.0. The molecule has 0 fully saturated rings. The van der Waals surface area contributed by atoms with Crippen molar-refractivity contribution in [2.24, 2.45) is 0 Å². The zero-order valence-electron chi connectivity index (χ0n) is 15.7. The van der Waals surface area contributed by atoms with Crippen molar-refractivity contribution >= 4 is 11.8 Å². The van der Waals surface area contributed by atoms with E-state index in [1.165, 1.54) is 6.07 Å². The SMILES string of the molecule is O=C(NCc1cccnc1)c1n[nH]c2c1CN(C(=O)Cc1ccccc1F)CC2. The second-order valence-electron chi connectivity index (χ2n) is 6.91. The monoisotopic (exact) mass is 393 g/mol. The summed E-state index contributed by atoms with van der Waals surface area (Å²) in [5.41, 5.74) is 3.09. The fourth-order valence-electron chi connectivity index (χ4n) is 3.38. The van der Waals surface area contributed by atoms with Crippen LogP contribution in [0.4, 0.5) is 4.39 Å². The van der Waals surface area contributed by atoms with E-state index in [1.807, 2.05) is 6.07 Å². The third-order valence-electron chi connectivity index (χ3n) is 4.98. The van der Waals surface area contributed by atoms with Gasteiger partial charge < -0.3 is 10.2 Å². The van der Waals surface area contributed by atoms with Crippen LogP contribution in [0.15, 0.2) is 48.8 Å².